The van der Waals surface area contributed by atoms with Crippen LogP contribution >= 0.6 is 0 Å². The van der Waals surface area contributed by atoms with Gasteiger partial charge < -0.3 is 0 Å². The van der Waals surface area contributed by atoms with Crippen LogP contribution in [0.25, 0.3) is 10.8 Å². The normalized spacial score (nSPS) is 25.2. The molecule has 0 aliphatic heterocycles. The van der Waals surface area contributed by atoms with E-state index in [9.17, 15) is 4.39 Å². The van der Waals surface area contributed by atoms with Gasteiger partial charge in [-0.1, -0.05) is 76.1 Å². The molecule has 2 aromatic rings. The second kappa shape index (κ2) is 11.6. The van der Waals surface area contributed by atoms with E-state index in [4.69, 9.17) is 0 Å². The van der Waals surface area contributed by atoms with Crippen molar-refractivity contribution in [2.24, 2.45) is 17.8 Å². The van der Waals surface area contributed by atoms with Crippen LogP contribution in [0.3, 0.4) is 0 Å². The fourth-order valence-electron chi connectivity index (χ4n) is 6.71. The standard InChI is InChI=1S/C31H42F2/c1-3-5-7-8-9-10-22-12-13-25-19-26(16-15-24(25)18-22)28-20-27-17-14-23(11-6-4-2)31(33)30(27)29(32)21-28/h4,14,17,20-22,24-26H,2-3,5-13,15-16,18-19H2,1H3/t22?,24-,25?,26-/m1/s1. The lowest BCUT2D eigenvalue weighted by Gasteiger charge is -2.42. The van der Waals surface area contributed by atoms with Crippen LogP contribution in [0.4, 0.5) is 8.78 Å². The molecule has 0 bridgehead atoms. The minimum Gasteiger partial charge on any atom is -0.206 e. The van der Waals surface area contributed by atoms with Gasteiger partial charge in [0, 0.05) is 0 Å². The number of fused-ring (bicyclic) bond motifs is 2. The maximum absolute atomic E-state index is 15.1. The van der Waals surface area contributed by atoms with Crippen LogP contribution in [-0.2, 0) is 6.42 Å². The fraction of sp³-hybridized carbons (Fsp3) is 0.613. The summed E-state index contributed by atoms with van der Waals surface area (Å²) in [5.41, 5.74) is 1.66. The van der Waals surface area contributed by atoms with Gasteiger partial charge in [0.2, 0.25) is 0 Å². The van der Waals surface area contributed by atoms with E-state index >= 15 is 4.39 Å². The molecule has 2 fully saturated rings. The number of hydrogen-bond acceptors (Lipinski definition) is 0. The average molecular weight is 453 g/mol. The smallest absolute Gasteiger partial charge is 0.137 e. The van der Waals surface area contributed by atoms with Crippen molar-refractivity contribution < 1.29 is 8.78 Å². The van der Waals surface area contributed by atoms with Crippen LogP contribution in [0.15, 0.2) is 36.9 Å². The van der Waals surface area contributed by atoms with E-state index in [1.807, 2.05) is 12.1 Å². The first kappa shape index (κ1) is 24.4. The number of allylic oxidation sites excluding steroid dienone is 1. The second-order valence-electron chi connectivity index (χ2n) is 10.9. The monoisotopic (exact) mass is 452 g/mol. The summed E-state index contributed by atoms with van der Waals surface area (Å²) in [5, 5.41) is 0.868. The Morgan fingerprint density at radius 2 is 1.73 bits per heavy atom. The summed E-state index contributed by atoms with van der Waals surface area (Å²) in [6, 6.07) is 7.42. The minimum absolute atomic E-state index is 0.161. The maximum atomic E-state index is 15.1. The summed E-state index contributed by atoms with van der Waals surface area (Å²) in [4.78, 5) is 0. The summed E-state index contributed by atoms with van der Waals surface area (Å²) in [6.45, 7) is 5.99. The number of benzene rings is 2. The molecule has 0 heterocycles. The Morgan fingerprint density at radius 3 is 2.55 bits per heavy atom. The highest BCUT2D eigenvalue weighted by molar-refractivity contribution is 5.85. The predicted octanol–water partition coefficient (Wildman–Crippen LogP) is 9.90. The van der Waals surface area contributed by atoms with E-state index in [0.717, 1.165) is 29.7 Å². The van der Waals surface area contributed by atoms with Crippen LogP contribution in [0.1, 0.15) is 107 Å². The van der Waals surface area contributed by atoms with Gasteiger partial charge in [0.05, 0.1) is 5.39 Å². The van der Waals surface area contributed by atoms with Gasteiger partial charge in [-0.2, -0.15) is 0 Å². The number of unbranched alkanes of at least 4 members (excludes halogenated alkanes) is 4. The van der Waals surface area contributed by atoms with Crippen molar-refractivity contribution in [2.45, 2.75) is 103 Å². The van der Waals surface area contributed by atoms with Gasteiger partial charge in [-0.15, -0.1) is 6.58 Å². The maximum Gasteiger partial charge on any atom is 0.137 e. The molecule has 2 aromatic carbocycles. The highest BCUT2D eigenvalue weighted by Gasteiger charge is 2.36. The fourth-order valence-corrected chi connectivity index (χ4v) is 6.71. The minimum atomic E-state index is -0.394. The molecule has 0 spiro atoms. The molecule has 2 aliphatic rings. The summed E-state index contributed by atoms with van der Waals surface area (Å²) in [6.07, 6.45) is 19.1. The van der Waals surface area contributed by atoms with Gasteiger partial charge in [0.1, 0.15) is 11.6 Å². The molecule has 2 unspecified atom stereocenters. The molecule has 2 aliphatic carbocycles. The van der Waals surface area contributed by atoms with Crippen molar-refractivity contribution in [3.05, 3.63) is 59.7 Å². The van der Waals surface area contributed by atoms with Crippen LogP contribution < -0.4 is 0 Å². The van der Waals surface area contributed by atoms with Crippen LogP contribution in [0.5, 0.6) is 0 Å². The van der Waals surface area contributed by atoms with Crippen LogP contribution in [0.2, 0.25) is 0 Å². The largest absolute Gasteiger partial charge is 0.206 e. The first-order valence-corrected chi connectivity index (χ1v) is 13.6. The molecule has 0 N–H and O–H groups in total. The van der Waals surface area contributed by atoms with Gasteiger partial charge in [0.25, 0.3) is 0 Å². The van der Waals surface area contributed by atoms with Gasteiger partial charge >= 0.3 is 0 Å². The summed E-state index contributed by atoms with van der Waals surface area (Å²) in [7, 11) is 0. The van der Waals surface area contributed by atoms with E-state index in [1.54, 1.807) is 12.1 Å². The van der Waals surface area contributed by atoms with Crippen molar-refractivity contribution in [3.63, 3.8) is 0 Å². The molecule has 0 saturated heterocycles. The zero-order chi connectivity index (χ0) is 23.2. The van der Waals surface area contributed by atoms with Crippen molar-refractivity contribution in [3.8, 4) is 0 Å². The molecule has 0 amide bonds. The molecule has 4 atom stereocenters. The summed E-state index contributed by atoms with van der Waals surface area (Å²) < 4.78 is 30.0. The highest BCUT2D eigenvalue weighted by atomic mass is 19.1. The highest BCUT2D eigenvalue weighted by Crippen LogP contribution is 2.49. The zero-order valence-corrected chi connectivity index (χ0v) is 20.6. The first-order valence-electron chi connectivity index (χ1n) is 13.6. The quantitative estimate of drug-likeness (QED) is 0.248. The molecule has 2 heteroatoms. The average Bonchev–Trinajstić information content (AvgIpc) is 2.83. The molecule has 0 radical (unpaired) electrons. The lowest BCUT2D eigenvalue weighted by Crippen LogP contribution is -2.30. The van der Waals surface area contributed by atoms with E-state index in [0.29, 0.717) is 29.7 Å². The molecule has 2 saturated carbocycles. The zero-order valence-electron chi connectivity index (χ0n) is 20.6. The molecule has 0 nitrogen and oxygen atoms in total. The summed E-state index contributed by atoms with van der Waals surface area (Å²) in [5.74, 6) is 2.22. The van der Waals surface area contributed by atoms with E-state index in [2.05, 4.69) is 19.6 Å². The van der Waals surface area contributed by atoms with E-state index in [1.165, 1.54) is 70.6 Å². The Bertz CT molecular complexity index is 930. The SMILES string of the molecule is C=CCCc1ccc2cc([C@@H]3CC[C@@H]4CC(CCCCCCC)CCC4C3)cc(F)c2c1F. The Hall–Kier alpha value is -1.70. The first-order chi connectivity index (χ1) is 16.1. The number of hydrogen-bond donors (Lipinski definition) is 0. The van der Waals surface area contributed by atoms with E-state index < -0.39 is 11.6 Å². The van der Waals surface area contributed by atoms with Gasteiger partial charge in [-0.3, -0.25) is 0 Å². The third kappa shape index (κ3) is 5.87. The molecule has 33 heavy (non-hydrogen) atoms. The Labute approximate surface area is 199 Å². The predicted molar refractivity (Wildman–Crippen MR) is 137 cm³/mol. The van der Waals surface area contributed by atoms with Crippen LogP contribution in [0, 0.1) is 29.4 Å². The molecular formula is C31H42F2. The van der Waals surface area contributed by atoms with E-state index in [-0.39, 0.29) is 5.39 Å². The number of halogens is 2. The molecular weight excluding hydrogens is 410 g/mol. The molecule has 180 valence electrons. The molecule has 4 rings (SSSR count). The lowest BCUT2D eigenvalue weighted by atomic mass is 9.63. The van der Waals surface area contributed by atoms with Crippen molar-refractivity contribution in [1.82, 2.24) is 0 Å². The van der Waals surface area contributed by atoms with Gasteiger partial charge in [-0.25, -0.2) is 8.78 Å². The van der Waals surface area contributed by atoms with Crippen molar-refractivity contribution >= 4 is 10.8 Å². The third-order valence-corrected chi connectivity index (χ3v) is 8.64. The lowest BCUT2D eigenvalue weighted by molar-refractivity contribution is 0.113. The van der Waals surface area contributed by atoms with Crippen LogP contribution in [-0.4, -0.2) is 0 Å². The number of aryl methyl sites for hydroxylation is 1. The Morgan fingerprint density at radius 1 is 0.939 bits per heavy atom. The second-order valence-corrected chi connectivity index (χ2v) is 10.9. The van der Waals surface area contributed by atoms with Gasteiger partial charge in [-0.05, 0) is 91.2 Å². The Kier molecular flexibility index (Phi) is 8.61. The summed E-state index contributed by atoms with van der Waals surface area (Å²) >= 11 is 0. The van der Waals surface area contributed by atoms with Crippen molar-refractivity contribution in [1.29, 1.82) is 0 Å². The third-order valence-electron chi connectivity index (χ3n) is 8.64. The molecule has 0 aromatic heterocycles. The Balaban J connectivity index is 1.38. The topological polar surface area (TPSA) is 0 Å². The van der Waals surface area contributed by atoms with Crippen molar-refractivity contribution in [2.75, 3.05) is 0 Å². The van der Waals surface area contributed by atoms with Gasteiger partial charge in [0.15, 0.2) is 0 Å². The number of rotatable bonds is 10.